The molecule has 2 aromatic carbocycles. The molecule has 1 atom stereocenters. The molecule has 0 saturated carbocycles. The van der Waals surface area contributed by atoms with Crippen molar-refractivity contribution >= 4 is 29.2 Å². The molecule has 146 valence electrons. The minimum Gasteiger partial charge on any atom is -0.469 e. The molecule has 1 aliphatic rings. The Morgan fingerprint density at radius 2 is 2.04 bits per heavy atom. The Morgan fingerprint density at radius 3 is 2.64 bits per heavy atom. The van der Waals surface area contributed by atoms with Crippen molar-refractivity contribution in [2.75, 3.05) is 13.7 Å². The fourth-order valence-corrected chi connectivity index (χ4v) is 3.61. The third kappa shape index (κ3) is 3.71. The van der Waals surface area contributed by atoms with Crippen LogP contribution in [0.2, 0.25) is 5.02 Å². The topological polar surface area (TPSA) is 89.8 Å². The first kappa shape index (κ1) is 19.8. The number of benzene rings is 2. The highest BCUT2D eigenvalue weighted by Gasteiger charge is 2.31. The lowest BCUT2D eigenvalue weighted by Crippen LogP contribution is -2.33. The second kappa shape index (κ2) is 7.98. The van der Waals surface area contributed by atoms with Gasteiger partial charge in [-0.3, -0.25) is 19.7 Å². The maximum Gasteiger partial charge on any atom is 0.310 e. The zero-order valence-corrected chi connectivity index (χ0v) is 16.2. The van der Waals surface area contributed by atoms with Crippen molar-refractivity contribution in [1.82, 2.24) is 4.90 Å². The maximum absolute atomic E-state index is 12.8. The fourth-order valence-electron chi connectivity index (χ4n) is 3.33. The van der Waals surface area contributed by atoms with Gasteiger partial charge in [0.25, 0.3) is 11.6 Å². The number of carbonyl (C=O) groups is 2. The van der Waals surface area contributed by atoms with Crippen LogP contribution in [0.4, 0.5) is 5.69 Å². The van der Waals surface area contributed by atoms with Crippen LogP contribution in [0, 0.1) is 16.0 Å². The van der Waals surface area contributed by atoms with Crippen LogP contribution in [-0.2, 0) is 16.1 Å². The van der Waals surface area contributed by atoms with E-state index in [9.17, 15) is 19.7 Å². The van der Waals surface area contributed by atoms with E-state index in [4.69, 9.17) is 16.3 Å². The van der Waals surface area contributed by atoms with E-state index in [2.05, 4.69) is 0 Å². The molecule has 0 N–H and O–H groups in total. The molecule has 0 aliphatic carbocycles. The molecule has 0 radical (unpaired) electrons. The zero-order chi connectivity index (χ0) is 20.4. The highest BCUT2D eigenvalue weighted by atomic mass is 35.5. The molecule has 7 nitrogen and oxygen atoms in total. The van der Waals surface area contributed by atoms with Crippen LogP contribution in [0.25, 0.3) is 11.1 Å². The minimum atomic E-state index is -0.509. The summed E-state index contributed by atoms with van der Waals surface area (Å²) in [4.78, 5) is 36.7. The number of ether oxygens (including phenoxy) is 1. The van der Waals surface area contributed by atoms with Crippen molar-refractivity contribution in [1.29, 1.82) is 0 Å². The molecule has 3 rings (SSSR count). The Kier molecular flexibility index (Phi) is 5.65. The number of esters is 1. The molecule has 0 spiro atoms. The monoisotopic (exact) mass is 402 g/mol. The van der Waals surface area contributed by atoms with Gasteiger partial charge in [-0.2, -0.15) is 0 Å². The molecule has 8 heteroatoms. The second-order valence-electron chi connectivity index (χ2n) is 6.61. The van der Waals surface area contributed by atoms with Crippen molar-refractivity contribution in [2.45, 2.75) is 19.9 Å². The van der Waals surface area contributed by atoms with Gasteiger partial charge in [0.2, 0.25) is 0 Å². The predicted molar refractivity (Wildman–Crippen MR) is 104 cm³/mol. The summed E-state index contributed by atoms with van der Waals surface area (Å²) < 4.78 is 4.80. The van der Waals surface area contributed by atoms with Crippen LogP contribution in [-0.4, -0.2) is 35.4 Å². The summed E-state index contributed by atoms with van der Waals surface area (Å²) in [7, 11) is 1.34. The first-order valence-electron chi connectivity index (χ1n) is 8.80. The van der Waals surface area contributed by atoms with Gasteiger partial charge >= 0.3 is 5.97 Å². The molecular weight excluding hydrogens is 384 g/mol. The van der Waals surface area contributed by atoms with Gasteiger partial charge in [-0.1, -0.05) is 30.7 Å². The van der Waals surface area contributed by atoms with E-state index < -0.39 is 4.92 Å². The van der Waals surface area contributed by atoms with Crippen molar-refractivity contribution in [3.05, 3.63) is 62.7 Å². The number of carbonyl (C=O) groups excluding carboxylic acids is 2. The van der Waals surface area contributed by atoms with E-state index in [0.717, 1.165) is 5.56 Å². The number of fused-ring (bicyclic) bond motifs is 1. The van der Waals surface area contributed by atoms with Gasteiger partial charge in [0.15, 0.2) is 0 Å². The van der Waals surface area contributed by atoms with E-state index in [-0.39, 0.29) is 28.5 Å². The summed E-state index contributed by atoms with van der Waals surface area (Å²) >= 11 is 6.21. The minimum absolute atomic E-state index is 0.0921. The molecular formula is C20H19ClN2O5. The molecule has 1 aliphatic heterocycles. The molecule has 0 saturated heterocycles. The quantitative estimate of drug-likeness (QED) is 0.412. The van der Waals surface area contributed by atoms with Crippen LogP contribution in [0.5, 0.6) is 0 Å². The summed E-state index contributed by atoms with van der Waals surface area (Å²) in [6, 6.07) is 9.67. The predicted octanol–water partition coefficient (Wildman–Crippen LogP) is 4.07. The molecule has 2 aromatic rings. The number of amides is 1. The molecule has 0 fully saturated rings. The van der Waals surface area contributed by atoms with Gasteiger partial charge in [-0.05, 0) is 29.7 Å². The van der Waals surface area contributed by atoms with Crippen LogP contribution >= 0.6 is 11.6 Å². The lowest BCUT2D eigenvalue weighted by atomic mass is 10.00. The van der Waals surface area contributed by atoms with E-state index in [1.165, 1.54) is 19.2 Å². The van der Waals surface area contributed by atoms with E-state index in [1.807, 2.05) is 19.1 Å². The van der Waals surface area contributed by atoms with Crippen LogP contribution < -0.4 is 0 Å². The van der Waals surface area contributed by atoms with Crippen molar-refractivity contribution in [3.63, 3.8) is 0 Å². The van der Waals surface area contributed by atoms with E-state index in [0.29, 0.717) is 36.2 Å². The number of nitro benzene ring substituents is 1. The van der Waals surface area contributed by atoms with Crippen LogP contribution in [0.3, 0.4) is 0 Å². The standard InChI is InChI=1S/C20H19ClN2O5/c1-3-12(20(25)28-2)10-22-11-14-5-4-13(8-17(14)19(22)24)16-7-6-15(23(26)27)9-18(16)21/h4-9,12H,3,10-11H2,1-2H3/t12-/m0/s1. The number of hydrogen-bond acceptors (Lipinski definition) is 5. The highest BCUT2D eigenvalue weighted by molar-refractivity contribution is 6.33. The maximum atomic E-state index is 12.8. The molecule has 0 unspecified atom stereocenters. The fraction of sp³-hybridized carbons (Fsp3) is 0.300. The Labute approximate surface area is 167 Å². The Balaban J connectivity index is 1.86. The number of halogens is 1. The van der Waals surface area contributed by atoms with Gasteiger partial charge in [-0.25, -0.2) is 0 Å². The third-order valence-electron chi connectivity index (χ3n) is 4.93. The summed E-state index contributed by atoms with van der Waals surface area (Å²) in [5, 5.41) is 11.1. The van der Waals surface area contributed by atoms with Crippen molar-refractivity contribution in [2.24, 2.45) is 5.92 Å². The zero-order valence-electron chi connectivity index (χ0n) is 15.5. The molecule has 1 amide bonds. The SMILES string of the molecule is CC[C@@H](CN1Cc2ccc(-c3ccc([N+](=O)[O-])cc3Cl)cc2C1=O)C(=O)OC. The molecule has 0 bridgehead atoms. The lowest BCUT2D eigenvalue weighted by Gasteiger charge is -2.20. The van der Waals surface area contributed by atoms with Gasteiger partial charge in [0, 0.05) is 36.3 Å². The van der Waals surface area contributed by atoms with Gasteiger partial charge in [-0.15, -0.1) is 0 Å². The summed E-state index contributed by atoms with van der Waals surface area (Å²) in [5.41, 5.74) is 2.64. The molecule has 28 heavy (non-hydrogen) atoms. The van der Waals surface area contributed by atoms with Crippen LogP contribution in [0.15, 0.2) is 36.4 Å². The Bertz CT molecular complexity index is 960. The van der Waals surface area contributed by atoms with Gasteiger partial charge < -0.3 is 9.64 Å². The van der Waals surface area contributed by atoms with E-state index in [1.54, 1.807) is 17.0 Å². The summed E-state index contributed by atoms with van der Waals surface area (Å²) in [6.45, 7) is 2.60. The number of nitrogens with zero attached hydrogens (tertiary/aromatic N) is 2. The smallest absolute Gasteiger partial charge is 0.310 e. The van der Waals surface area contributed by atoms with Gasteiger partial charge in [0.1, 0.15) is 0 Å². The lowest BCUT2D eigenvalue weighted by molar-refractivity contribution is -0.384. The first-order chi connectivity index (χ1) is 13.3. The average Bonchev–Trinajstić information content (AvgIpc) is 3.00. The second-order valence-corrected chi connectivity index (χ2v) is 7.01. The highest BCUT2D eigenvalue weighted by Crippen LogP contribution is 2.34. The Morgan fingerprint density at radius 1 is 1.29 bits per heavy atom. The molecule has 0 aromatic heterocycles. The summed E-state index contributed by atoms with van der Waals surface area (Å²) in [5.74, 6) is -0.853. The number of non-ortho nitro benzene ring substituents is 1. The van der Waals surface area contributed by atoms with Crippen molar-refractivity contribution in [3.8, 4) is 11.1 Å². The average molecular weight is 403 g/mol. The molecule has 1 heterocycles. The van der Waals surface area contributed by atoms with E-state index >= 15 is 0 Å². The van der Waals surface area contributed by atoms with Crippen molar-refractivity contribution < 1.29 is 19.2 Å². The van der Waals surface area contributed by atoms with Gasteiger partial charge in [0.05, 0.1) is 23.0 Å². The largest absolute Gasteiger partial charge is 0.469 e. The summed E-state index contributed by atoms with van der Waals surface area (Å²) in [6.07, 6.45) is 0.580. The van der Waals surface area contributed by atoms with Crippen LogP contribution in [0.1, 0.15) is 29.3 Å². The number of methoxy groups -OCH3 is 1. The number of nitro groups is 1. The Hall–Kier alpha value is -2.93. The number of hydrogen-bond donors (Lipinski definition) is 0. The third-order valence-corrected chi connectivity index (χ3v) is 5.24. The number of rotatable bonds is 6. The first-order valence-corrected chi connectivity index (χ1v) is 9.17. The normalized spacial score (nSPS) is 14.0.